The third-order valence-corrected chi connectivity index (χ3v) is 3.56. The van der Waals surface area contributed by atoms with Gasteiger partial charge in [0, 0.05) is 18.2 Å². The molecule has 0 saturated heterocycles. The van der Waals surface area contributed by atoms with E-state index in [1.165, 1.54) is 36.9 Å². The molecule has 18 heavy (non-hydrogen) atoms. The van der Waals surface area contributed by atoms with Crippen molar-refractivity contribution in [1.82, 2.24) is 0 Å². The molecule has 2 rings (SSSR count). The molecule has 0 amide bonds. The smallest absolute Gasteiger partial charge is 0.124 e. The van der Waals surface area contributed by atoms with Crippen LogP contribution in [0.2, 0.25) is 0 Å². The van der Waals surface area contributed by atoms with Crippen LogP contribution in [0.25, 0.3) is 0 Å². The van der Waals surface area contributed by atoms with Crippen LogP contribution in [0.5, 0.6) is 0 Å². The number of nitrogen functional groups attached to an aromatic ring is 1. The summed E-state index contributed by atoms with van der Waals surface area (Å²) in [4.78, 5) is 2.47. The minimum absolute atomic E-state index is 0.177. The van der Waals surface area contributed by atoms with Crippen molar-refractivity contribution in [2.24, 2.45) is 5.73 Å². The zero-order valence-electron chi connectivity index (χ0n) is 11.4. The lowest BCUT2D eigenvalue weighted by Gasteiger charge is -2.28. The monoisotopic (exact) mass is 245 g/mol. The largest absolute Gasteiger partial charge is 0.384 e. The van der Waals surface area contributed by atoms with E-state index in [4.69, 9.17) is 11.1 Å². The Morgan fingerprint density at radius 1 is 1.44 bits per heavy atom. The van der Waals surface area contributed by atoms with Gasteiger partial charge in [0.25, 0.3) is 0 Å². The van der Waals surface area contributed by atoms with Crippen molar-refractivity contribution in [2.75, 3.05) is 11.4 Å². The Bertz CT molecular complexity index is 435. The van der Waals surface area contributed by atoms with E-state index in [0.29, 0.717) is 6.04 Å². The van der Waals surface area contributed by atoms with E-state index in [1.807, 2.05) is 12.1 Å². The zero-order valence-corrected chi connectivity index (χ0v) is 11.4. The molecule has 0 bridgehead atoms. The minimum Gasteiger partial charge on any atom is -0.384 e. The van der Waals surface area contributed by atoms with Gasteiger partial charge in [0.15, 0.2) is 0 Å². The van der Waals surface area contributed by atoms with E-state index in [1.54, 1.807) is 0 Å². The van der Waals surface area contributed by atoms with E-state index in [9.17, 15) is 0 Å². The molecule has 0 unspecified atom stereocenters. The van der Waals surface area contributed by atoms with Crippen LogP contribution in [0, 0.1) is 12.3 Å². The Kier molecular flexibility index (Phi) is 3.90. The quantitative estimate of drug-likeness (QED) is 0.598. The van der Waals surface area contributed by atoms with Gasteiger partial charge in [0.2, 0.25) is 0 Å². The highest BCUT2D eigenvalue weighted by Gasteiger charge is 2.31. The maximum Gasteiger partial charge on any atom is 0.124 e. The summed E-state index contributed by atoms with van der Waals surface area (Å²) in [6.07, 6.45) is 4.94. The van der Waals surface area contributed by atoms with Crippen LogP contribution in [0.4, 0.5) is 5.69 Å². The molecule has 0 heterocycles. The van der Waals surface area contributed by atoms with Crippen molar-refractivity contribution < 1.29 is 0 Å². The van der Waals surface area contributed by atoms with Crippen molar-refractivity contribution in [1.29, 1.82) is 5.41 Å². The van der Waals surface area contributed by atoms with Gasteiger partial charge in [0.1, 0.15) is 5.84 Å². The number of aryl methyl sites for hydroxylation is 1. The number of unbranched alkanes of at least 4 members (excludes halogenated alkanes) is 1. The van der Waals surface area contributed by atoms with E-state index in [-0.39, 0.29) is 5.84 Å². The van der Waals surface area contributed by atoms with Crippen LogP contribution >= 0.6 is 0 Å². The number of hydrogen-bond donors (Lipinski definition) is 2. The normalized spacial score (nSPS) is 14.6. The van der Waals surface area contributed by atoms with Crippen LogP contribution in [-0.4, -0.2) is 18.4 Å². The number of benzene rings is 1. The van der Waals surface area contributed by atoms with Gasteiger partial charge in [-0.25, -0.2) is 0 Å². The highest BCUT2D eigenvalue weighted by molar-refractivity contribution is 6.01. The molecule has 3 N–H and O–H groups in total. The highest BCUT2D eigenvalue weighted by atomic mass is 15.2. The average Bonchev–Trinajstić information content (AvgIpc) is 3.15. The molecule has 0 spiro atoms. The van der Waals surface area contributed by atoms with Gasteiger partial charge < -0.3 is 10.6 Å². The van der Waals surface area contributed by atoms with Crippen molar-refractivity contribution >= 4 is 11.5 Å². The summed E-state index contributed by atoms with van der Waals surface area (Å²) in [6, 6.07) is 6.73. The number of amidine groups is 1. The van der Waals surface area contributed by atoms with Crippen LogP contribution in [0.1, 0.15) is 43.7 Å². The van der Waals surface area contributed by atoms with Crippen LogP contribution < -0.4 is 10.6 Å². The maximum atomic E-state index is 7.76. The lowest BCUT2D eigenvalue weighted by atomic mass is 10.0. The standard InChI is InChI=1S/C15H23N3/c1-3-4-10-18(12-8-9-12)14-11(2)6-5-7-13(14)15(16)17/h5-7,12H,3-4,8-10H2,1-2H3,(H3,16,17). The first kappa shape index (κ1) is 12.9. The first-order valence-electron chi connectivity index (χ1n) is 6.85. The Labute approximate surface area is 109 Å². The number of hydrogen-bond acceptors (Lipinski definition) is 2. The summed E-state index contributed by atoms with van der Waals surface area (Å²) in [5, 5.41) is 7.76. The van der Waals surface area contributed by atoms with Crippen molar-refractivity contribution in [2.45, 2.75) is 45.6 Å². The van der Waals surface area contributed by atoms with E-state index in [2.05, 4.69) is 24.8 Å². The van der Waals surface area contributed by atoms with E-state index in [0.717, 1.165) is 12.1 Å². The van der Waals surface area contributed by atoms with E-state index < -0.39 is 0 Å². The second kappa shape index (κ2) is 5.42. The van der Waals surface area contributed by atoms with Gasteiger partial charge in [-0.2, -0.15) is 0 Å². The Morgan fingerprint density at radius 2 is 2.17 bits per heavy atom. The van der Waals surface area contributed by atoms with Gasteiger partial charge in [-0.1, -0.05) is 25.5 Å². The minimum atomic E-state index is 0.177. The molecular formula is C15H23N3. The third-order valence-electron chi connectivity index (χ3n) is 3.56. The molecule has 1 saturated carbocycles. The fourth-order valence-electron chi connectivity index (χ4n) is 2.45. The van der Waals surface area contributed by atoms with Crippen molar-refractivity contribution in [3.05, 3.63) is 29.3 Å². The Balaban J connectivity index is 2.36. The second-order valence-electron chi connectivity index (χ2n) is 5.16. The number of para-hydroxylation sites is 1. The van der Waals surface area contributed by atoms with Gasteiger partial charge in [-0.3, -0.25) is 5.41 Å². The predicted molar refractivity (Wildman–Crippen MR) is 77.5 cm³/mol. The topological polar surface area (TPSA) is 53.1 Å². The zero-order chi connectivity index (χ0) is 13.1. The van der Waals surface area contributed by atoms with Gasteiger partial charge in [-0.05, 0) is 37.8 Å². The fourth-order valence-corrected chi connectivity index (χ4v) is 2.45. The molecule has 1 fully saturated rings. The van der Waals surface area contributed by atoms with Crippen molar-refractivity contribution in [3.8, 4) is 0 Å². The lowest BCUT2D eigenvalue weighted by molar-refractivity contribution is 0.711. The van der Waals surface area contributed by atoms with E-state index >= 15 is 0 Å². The summed E-state index contributed by atoms with van der Waals surface area (Å²) in [5.41, 5.74) is 9.02. The maximum absolute atomic E-state index is 7.76. The molecule has 1 aliphatic carbocycles. The summed E-state index contributed by atoms with van der Waals surface area (Å²) >= 11 is 0. The molecule has 1 aliphatic rings. The third kappa shape index (κ3) is 2.66. The Hall–Kier alpha value is -1.51. The molecule has 3 heteroatoms. The summed E-state index contributed by atoms with van der Waals surface area (Å²) in [6.45, 7) is 5.41. The summed E-state index contributed by atoms with van der Waals surface area (Å²) in [5.74, 6) is 0.177. The number of nitrogens with two attached hydrogens (primary N) is 1. The average molecular weight is 245 g/mol. The number of nitrogens with zero attached hydrogens (tertiary/aromatic N) is 1. The molecule has 0 radical (unpaired) electrons. The number of nitrogens with one attached hydrogen (secondary N) is 1. The second-order valence-corrected chi connectivity index (χ2v) is 5.16. The predicted octanol–water partition coefficient (Wildman–Crippen LogP) is 3.05. The molecule has 98 valence electrons. The Morgan fingerprint density at radius 3 is 2.72 bits per heavy atom. The lowest BCUT2D eigenvalue weighted by Crippen LogP contribution is -2.30. The van der Waals surface area contributed by atoms with Crippen LogP contribution in [0.15, 0.2) is 18.2 Å². The molecule has 3 nitrogen and oxygen atoms in total. The van der Waals surface area contributed by atoms with Gasteiger partial charge in [-0.15, -0.1) is 0 Å². The fraction of sp³-hybridized carbons (Fsp3) is 0.533. The molecule has 1 aromatic carbocycles. The summed E-state index contributed by atoms with van der Waals surface area (Å²) in [7, 11) is 0. The number of anilines is 1. The number of rotatable bonds is 6. The summed E-state index contributed by atoms with van der Waals surface area (Å²) < 4.78 is 0. The van der Waals surface area contributed by atoms with Gasteiger partial charge in [0.05, 0.1) is 5.69 Å². The van der Waals surface area contributed by atoms with Crippen molar-refractivity contribution in [3.63, 3.8) is 0 Å². The van der Waals surface area contributed by atoms with Crippen LogP contribution in [0.3, 0.4) is 0 Å². The molecule has 0 atom stereocenters. The van der Waals surface area contributed by atoms with Crippen LogP contribution in [-0.2, 0) is 0 Å². The molecule has 0 aliphatic heterocycles. The molecule has 0 aromatic heterocycles. The SMILES string of the molecule is CCCCN(c1c(C)cccc1C(=N)N)C1CC1. The first-order valence-corrected chi connectivity index (χ1v) is 6.85. The molecule has 1 aromatic rings. The molecular weight excluding hydrogens is 222 g/mol. The highest BCUT2D eigenvalue weighted by Crippen LogP contribution is 2.35. The van der Waals surface area contributed by atoms with Gasteiger partial charge >= 0.3 is 0 Å². The first-order chi connectivity index (χ1) is 8.65.